The Bertz CT molecular complexity index is 261. The lowest BCUT2D eigenvalue weighted by Crippen LogP contribution is -2.52. The third-order valence-corrected chi connectivity index (χ3v) is 3.56. The number of allylic oxidation sites excluding steroid dienone is 1. The number of likely N-dealkylation sites (tertiary alicyclic amines) is 1. The predicted octanol–water partition coefficient (Wildman–Crippen LogP) is 2.87. The van der Waals surface area contributed by atoms with E-state index in [1.165, 1.54) is 4.90 Å². The molecule has 0 aromatic rings. The van der Waals surface area contributed by atoms with Gasteiger partial charge in [-0.25, -0.2) is 0 Å². The molecule has 2 rings (SSSR count). The first-order chi connectivity index (χ1) is 7.89. The second-order valence-electron chi connectivity index (χ2n) is 4.40. The highest BCUT2D eigenvalue weighted by Crippen LogP contribution is 2.34. The normalized spacial score (nSPS) is 28.7. The molecule has 2 bridgehead atoms. The van der Waals surface area contributed by atoms with Gasteiger partial charge in [-0.2, -0.15) is 13.2 Å². The Balaban J connectivity index is 0.000000686. The van der Waals surface area contributed by atoms with Crippen molar-refractivity contribution in [2.45, 2.75) is 44.9 Å². The summed E-state index contributed by atoms with van der Waals surface area (Å²) in [6.45, 7) is 8.08. The van der Waals surface area contributed by atoms with Crippen LogP contribution in [0.3, 0.4) is 0 Å². The van der Waals surface area contributed by atoms with Crippen LogP contribution >= 0.6 is 0 Å². The highest BCUT2D eigenvalue weighted by molar-refractivity contribution is 5.07. The summed E-state index contributed by atoms with van der Waals surface area (Å²) in [6.07, 6.45) is -2.28. The van der Waals surface area contributed by atoms with Crippen LogP contribution in [0.1, 0.15) is 26.7 Å². The van der Waals surface area contributed by atoms with Crippen LogP contribution in [0.25, 0.3) is 0 Å². The number of fused-ring (bicyclic) bond motifs is 2. The van der Waals surface area contributed by atoms with Gasteiger partial charge in [0.1, 0.15) is 5.70 Å². The molecule has 2 heterocycles. The number of hydrogen-bond acceptors (Lipinski definition) is 2. The highest BCUT2D eigenvalue weighted by atomic mass is 19.4. The molecular formula is C12H21F3N2. The molecule has 100 valence electrons. The minimum absolute atomic E-state index is 0.267. The number of hydrogen-bond donors (Lipinski definition) is 0. The monoisotopic (exact) mass is 250 g/mol. The van der Waals surface area contributed by atoms with Gasteiger partial charge in [-0.1, -0.05) is 20.4 Å². The minimum atomic E-state index is -4.28. The van der Waals surface area contributed by atoms with Crippen molar-refractivity contribution in [1.82, 2.24) is 9.80 Å². The molecule has 2 aliphatic rings. The molecule has 0 amide bonds. The molecule has 0 aliphatic carbocycles. The Labute approximate surface area is 101 Å². The lowest BCUT2D eigenvalue weighted by molar-refractivity contribution is -0.115. The minimum Gasteiger partial charge on any atom is -0.365 e. The molecule has 2 unspecified atom stereocenters. The quantitative estimate of drug-likeness (QED) is 0.706. The number of alkyl halides is 3. The number of rotatable bonds is 1. The first-order valence-electron chi connectivity index (χ1n) is 6.12. The lowest BCUT2D eigenvalue weighted by Gasteiger charge is -2.41. The largest absolute Gasteiger partial charge is 0.430 e. The Morgan fingerprint density at radius 3 is 1.88 bits per heavy atom. The van der Waals surface area contributed by atoms with Crippen LogP contribution in [-0.2, 0) is 0 Å². The second-order valence-corrected chi connectivity index (χ2v) is 4.40. The van der Waals surface area contributed by atoms with E-state index in [1.807, 2.05) is 20.9 Å². The number of nitrogens with zero attached hydrogens (tertiary/aromatic N) is 2. The summed E-state index contributed by atoms with van der Waals surface area (Å²) in [6, 6.07) is 0.533. The molecule has 2 atom stereocenters. The molecule has 17 heavy (non-hydrogen) atoms. The van der Waals surface area contributed by atoms with Crippen molar-refractivity contribution in [1.29, 1.82) is 0 Å². The molecular weight excluding hydrogens is 229 g/mol. The van der Waals surface area contributed by atoms with Crippen molar-refractivity contribution in [2.75, 3.05) is 20.1 Å². The van der Waals surface area contributed by atoms with Gasteiger partial charge in [0.25, 0.3) is 0 Å². The van der Waals surface area contributed by atoms with Gasteiger partial charge in [0.05, 0.1) is 0 Å². The van der Waals surface area contributed by atoms with Gasteiger partial charge < -0.3 is 4.90 Å². The molecule has 2 saturated heterocycles. The Morgan fingerprint density at radius 2 is 1.53 bits per heavy atom. The van der Waals surface area contributed by atoms with Crippen LogP contribution in [0.4, 0.5) is 13.2 Å². The molecule has 5 heteroatoms. The fraction of sp³-hybridized carbons (Fsp3) is 0.833. The topological polar surface area (TPSA) is 6.48 Å². The molecule has 0 N–H and O–H groups in total. The number of halogens is 3. The predicted molar refractivity (Wildman–Crippen MR) is 62.7 cm³/mol. The summed E-state index contributed by atoms with van der Waals surface area (Å²) in [4.78, 5) is 3.59. The summed E-state index contributed by atoms with van der Waals surface area (Å²) in [5, 5.41) is 0. The summed E-state index contributed by atoms with van der Waals surface area (Å²) >= 11 is 0. The van der Waals surface area contributed by atoms with Crippen molar-refractivity contribution in [2.24, 2.45) is 0 Å². The maximum absolute atomic E-state index is 12.5. The van der Waals surface area contributed by atoms with Crippen molar-refractivity contribution >= 4 is 0 Å². The van der Waals surface area contributed by atoms with Gasteiger partial charge in [0, 0.05) is 25.2 Å². The molecule has 2 fully saturated rings. The van der Waals surface area contributed by atoms with Crippen LogP contribution in [0, 0.1) is 0 Å². The molecule has 0 aromatic heterocycles. The van der Waals surface area contributed by atoms with Gasteiger partial charge in [-0.15, -0.1) is 0 Å². The van der Waals surface area contributed by atoms with E-state index in [-0.39, 0.29) is 12.1 Å². The van der Waals surface area contributed by atoms with Gasteiger partial charge in [0.2, 0.25) is 0 Å². The summed E-state index contributed by atoms with van der Waals surface area (Å²) in [5.74, 6) is 0. The van der Waals surface area contributed by atoms with Crippen molar-refractivity contribution in [3.05, 3.63) is 12.3 Å². The standard InChI is InChI=1S/C10H15F3N2.C2H6/c1-7(10(11,12)13)15-5-8-3-4-9(6-15)14(8)2;1-2/h8-9H,1,3-6H2,2H3;1-2H3. The Hall–Kier alpha value is -0.710. The third kappa shape index (κ3) is 2.94. The zero-order chi connectivity index (χ0) is 13.2. The smallest absolute Gasteiger partial charge is 0.365 e. The Morgan fingerprint density at radius 1 is 1.12 bits per heavy atom. The van der Waals surface area contributed by atoms with E-state index in [0.29, 0.717) is 13.1 Å². The van der Waals surface area contributed by atoms with E-state index >= 15 is 0 Å². The van der Waals surface area contributed by atoms with E-state index in [2.05, 4.69) is 11.5 Å². The number of likely N-dealkylation sites (N-methyl/N-ethyl adjacent to an activating group) is 1. The van der Waals surface area contributed by atoms with Crippen LogP contribution < -0.4 is 0 Å². The average Bonchev–Trinajstić information content (AvgIpc) is 2.53. The second kappa shape index (κ2) is 5.29. The van der Waals surface area contributed by atoms with E-state index < -0.39 is 11.9 Å². The van der Waals surface area contributed by atoms with Crippen molar-refractivity contribution in [3.8, 4) is 0 Å². The SMILES string of the molecule is C=C(N1CC2CCC(C1)N2C)C(F)(F)F.CC. The highest BCUT2D eigenvalue weighted by Gasteiger charge is 2.43. The van der Waals surface area contributed by atoms with E-state index in [4.69, 9.17) is 0 Å². The average molecular weight is 250 g/mol. The summed E-state index contributed by atoms with van der Waals surface area (Å²) < 4.78 is 37.4. The van der Waals surface area contributed by atoms with Gasteiger partial charge in [-0.3, -0.25) is 4.90 Å². The Kier molecular flexibility index (Phi) is 4.47. The first kappa shape index (κ1) is 14.4. The van der Waals surface area contributed by atoms with Crippen molar-refractivity contribution < 1.29 is 13.2 Å². The zero-order valence-corrected chi connectivity index (χ0v) is 10.7. The van der Waals surface area contributed by atoms with Crippen LogP contribution in [-0.4, -0.2) is 48.2 Å². The summed E-state index contributed by atoms with van der Waals surface area (Å²) in [5.41, 5.74) is -0.687. The molecule has 0 radical (unpaired) electrons. The fourth-order valence-corrected chi connectivity index (χ4v) is 2.51. The van der Waals surface area contributed by atoms with Crippen molar-refractivity contribution in [3.63, 3.8) is 0 Å². The van der Waals surface area contributed by atoms with Crippen LogP contribution in [0.15, 0.2) is 12.3 Å². The lowest BCUT2D eigenvalue weighted by atomic mass is 10.2. The maximum atomic E-state index is 12.5. The van der Waals surface area contributed by atoms with Gasteiger partial charge in [-0.05, 0) is 19.9 Å². The maximum Gasteiger partial charge on any atom is 0.430 e. The van der Waals surface area contributed by atoms with Gasteiger partial charge >= 0.3 is 6.18 Å². The van der Waals surface area contributed by atoms with E-state index in [0.717, 1.165) is 12.8 Å². The summed E-state index contributed by atoms with van der Waals surface area (Å²) in [7, 11) is 2.00. The van der Waals surface area contributed by atoms with Crippen LogP contribution in [0.5, 0.6) is 0 Å². The fourth-order valence-electron chi connectivity index (χ4n) is 2.51. The van der Waals surface area contributed by atoms with Gasteiger partial charge in [0.15, 0.2) is 0 Å². The third-order valence-electron chi connectivity index (χ3n) is 3.56. The molecule has 2 aliphatic heterocycles. The molecule has 0 spiro atoms. The van der Waals surface area contributed by atoms with Crippen LogP contribution in [0.2, 0.25) is 0 Å². The molecule has 2 nitrogen and oxygen atoms in total. The zero-order valence-electron chi connectivity index (χ0n) is 10.7. The first-order valence-corrected chi connectivity index (χ1v) is 6.12. The molecule has 0 aromatic carbocycles. The molecule has 0 saturated carbocycles. The number of piperazine rings is 1. The van der Waals surface area contributed by atoms with E-state index in [1.54, 1.807) is 0 Å². The van der Waals surface area contributed by atoms with E-state index in [9.17, 15) is 13.2 Å².